The summed E-state index contributed by atoms with van der Waals surface area (Å²) >= 11 is 0. The molecular formula is C28H35BFN2. The third kappa shape index (κ3) is 6.35. The van der Waals surface area contributed by atoms with Gasteiger partial charge in [-0.15, -0.1) is 0 Å². The standard InChI is InChI=1S/C28H35BFN2/c1-21(32-27-16-15-26(30)28(29-27)25-17-19-31-20-18-25)7-5-6-8-22-11-13-24(14-12-22)23-9-3-2-4-10-23/h2-4,9-16,21,25,28,31-32H,5-8,17-20H2,1H3. The number of aryl methyl sites for hydroxylation is 1. The van der Waals surface area contributed by atoms with Crippen molar-refractivity contribution in [3.63, 3.8) is 0 Å². The molecule has 167 valence electrons. The number of hydrogen-bond acceptors (Lipinski definition) is 2. The van der Waals surface area contributed by atoms with Crippen molar-refractivity contribution in [1.29, 1.82) is 0 Å². The molecule has 4 heteroatoms. The maximum absolute atomic E-state index is 14.4. The summed E-state index contributed by atoms with van der Waals surface area (Å²) in [5.41, 5.74) is 5.03. The Morgan fingerprint density at radius 2 is 1.69 bits per heavy atom. The summed E-state index contributed by atoms with van der Waals surface area (Å²) < 4.78 is 14.4. The molecule has 1 fully saturated rings. The number of halogens is 1. The first-order valence-electron chi connectivity index (χ1n) is 12.2. The maximum Gasteiger partial charge on any atom is 0.185 e. The van der Waals surface area contributed by atoms with E-state index >= 15 is 0 Å². The molecular weight excluding hydrogens is 394 g/mol. The van der Waals surface area contributed by atoms with Gasteiger partial charge in [0.15, 0.2) is 7.28 Å². The lowest BCUT2D eigenvalue weighted by atomic mass is 9.53. The third-order valence-electron chi connectivity index (χ3n) is 6.82. The number of allylic oxidation sites excluding steroid dienone is 3. The second kappa shape index (κ2) is 11.5. The van der Waals surface area contributed by atoms with Crippen LogP contribution in [0.25, 0.3) is 11.1 Å². The fraction of sp³-hybridized carbons (Fsp3) is 0.429. The Bertz CT molecular complexity index is 901. The highest BCUT2D eigenvalue weighted by Gasteiger charge is 2.30. The molecule has 0 aliphatic carbocycles. The topological polar surface area (TPSA) is 24.1 Å². The molecule has 1 saturated heterocycles. The van der Waals surface area contributed by atoms with Gasteiger partial charge in [-0.1, -0.05) is 67.1 Å². The fourth-order valence-corrected chi connectivity index (χ4v) is 4.90. The van der Waals surface area contributed by atoms with Crippen LogP contribution in [-0.2, 0) is 6.42 Å². The number of benzene rings is 2. The average Bonchev–Trinajstić information content (AvgIpc) is 2.84. The van der Waals surface area contributed by atoms with Crippen molar-refractivity contribution in [3.8, 4) is 11.1 Å². The molecule has 0 bridgehead atoms. The Morgan fingerprint density at radius 3 is 2.44 bits per heavy atom. The minimum absolute atomic E-state index is 0.0217. The van der Waals surface area contributed by atoms with Crippen molar-refractivity contribution in [3.05, 3.63) is 83.7 Å². The van der Waals surface area contributed by atoms with E-state index in [1.54, 1.807) is 6.08 Å². The van der Waals surface area contributed by atoms with Gasteiger partial charge in [-0.05, 0) is 92.2 Å². The molecule has 0 saturated carbocycles. The molecule has 2 heterocycles. The van der Waals surface area contributed by atoms with Gasteiger partial charge in [0.25, 0.3) is 0 Å². The third-order valence-corrected chi connectivity index (χ3v) is 6.82. The summed E-state index contributed by atoms with van der Waals surface area (Å²) in [6.07, 6.45) is 10.3. The first-order chi connectivity index (χ1) is 15.7. The summed E-state index contributed by atoms with van der Waals surface area (Å²) in [6.45, 7) is 4.23. The summed E-state index contributed by atoms with van der Waals surface area (Å²) in [4.78, 5) is 0. The van der Waals surface area contributed by atoms with Crippen LogP contribution < -0.4 is 10.6 Å². The van der Waals surface area contributed by atoms with E-state index in [0.29, 0.717) is 12.0 Å². The monoisotopic (exact) mass is 429 g/mol. The number of hydrogen-bond donors (Lipinski definition) is 2. The average molecular weight is 429 g/mol. The van der Waals surface area contributed by atoms with Crippen LogP contribution >= 0.6 is 0 Å². The van der Waals surface area contributed by atoms with Crippen LogP contribution in [0.4, 0.5) is 4.39 Å². The van der Waals surface area contributed by atoms with E-state index in [4.69, 9.17) is 0 Å². The molecule has 2 aromatic rings. The zero-order chi connectivity index (χ0) is 22.2. The molecule has 0 amide bonds. The molecule has 4 rings (SSSR count). The number of unbranched alkanes of at least 4 members (excludes halogenated alkanes) is 1. The molecule has 0 aromatic heterocycles. The Balaban J connectivity index is 1.18. The molecule has 32 heavy (non-hydrogen) atoms. The van der Waals surface area contributed by atoms with E-state index in [0.717, 1.165) is 44.4 Å². The van der Waals surface area contributed by atoms with Gasteiger partial charge in [0, 0.05) is 6.04 Å². The van der Waals surface area contributed by atoms with Gasteiger partial charge in [-0.2, -0.15) is 0 Å². The maximum atomic E-state index is 14.4. The van der Waals surface area contributed by atoms with Gasteiger partial charge >= 0.3 is 0 Å². The van der Waals surface area contributed by atoms with Crippen LogP contribution in [0.15, 0.2) is 78.2 Å². The Morgan fingerprint density at radius 1 is 0.969 bits per heavy atom. The SMILES string of the molecule is CC(CCCCc1ccc(-c2ccccc2)cc1)NC1=CC=C(F)C(C2CCNCC2)[B]1. The van der Waals surface area contributed by atoms with E-state index in [1.165, 1.54) is 29.5 Å². The lowest BCUT2D eigenvalue weighted by Crippen LogP contribution is -2.36. The summed E-state index contributed by atoms with van der Waals surface area (Å²) in [5, 5.41) is 6.99. The predicted molar refractivity (Wildman–Crippen MR) is 134 cm³/mol. The van der Waals surface area contributed by atoms with Crippen molar-refractivity contribution in [2.24, 2.45) is 5.92 Å². The lowest BCUT2D eigenvalue weighted by molar-refractivity contribution is 0.348. The van der Waals surface area contributed by atoms with E-state index in [-0.39, 0.29) is 11.6 Å². The van der Waals surface area contributed by atoms with Crippen LogP contribution in [0.1, 0.15) is 44.6 Å². The predicted octanol–water partition coefficient (Wildman–Crippen LogP) is 6.25. The second-order valence-electron chi connectivity index (χ2n) is 9.31. The highest BCUT2D eigenvalue weighted by molar-refractivity contribution is 6.48. The molecule has 2 N–H and O–H groups in total. The van der Waals surface area contributed by atoms with Gasteiger partial charge in [-0.25, -0.2) is 4.39 Å². The Kier molecular flexibility index (Phi) is 8.22. The van der Waals surface area contributed by atoms with Crippen molar-refractivity contribution < 1.29 is 4.39 Å². The minimum Gasteiger partial charge on any atom is -0.394 e. The van der Waals surface area contributed by atoms with Crippen molar-refractivity contribution in [2.75, 3.05) is 13.1 Å². The van der Waals surface area contributed by atoms with Crippen molar-refractivity contribution in [2.45, 2.75) is 57.3 Å². The summed E-state index contributed by atoms with van der Waals surface area (Å²) in [7, 11) is 2.12. The molecule has 0 spiro atoms. The highest BCUT2D eigenvalue weighted by Crippen LogP contribution is 2.36. The number of piperidine rings is 1. The van der Waals surface area contributed by atoms with Crippen LogP contribution in [0.3, 0.4) is 0 Å². The molecule has 2 nitrogen and oxygen atoms in total. The van der Waals surface area contributed by atoms with Crippen LogP contribution in [0.5, 0.6) is 0 Å². The quantitative estimate of drug-likeness (QED) is 0.364. The van der Waals surface area contributed by atoms with Gasteiger partial charge < -0.3 is 10.6 Å². The first-order valence-corrected chi connectivity index (χ1v) is 12.2. The van der Waals surface area contributed by atoms with Gasteiger partial charge in [0.05, 0.1) is 5.83 Å². The zero-order valence-corrected chi connectivity index (χ0v) is 19.2. The molecule has 2 atom stereocenters. The molecule has 2 aromatic carbocycles. The van der Waals surface area contributed by atoms with E-state index in [9.17, 15) is 4.39 Å². The van der Waals surface area contributed by atoms with Gasteiger partial charge in [-0.3, -0.25) is 0 Å². The minimum atomic E-state index is -0.0596. The van der Waals surface area contributed by atoms with Crippen molar-refractivity contribution >= 4 is 7.28 Å². The Labute approximate surface area is 193 Å². The van der Waals surface area contributed by atoms with Crippen LogP contribution in [0, 0.1) is 5.92 Å². The molecule has 1 radical (unpaired) electrons. The van der Waals surface area contributed by atoms with E-state index < -0.39 is 0 Å². The fourth-order valence-electron chi connectivity index (χ4n) is 4.90. The second-order valence-corrected chi connectivity index (χ2v) is 9.31. The van der Waals surface area contributed by atoms with Crippen LogP contribution in [0.2, 0.25) is 5.82 Å². The molecule has 2 aliphatic heterocycles. The zero-order valence-electron chi connectivity index (χ0n) is 19.2. The van der Waals surface area contributed by atoms with Crippen LogP contribution in [-0.4, -0.2) is 26.4 Å². The summed E-state index contributed by atoms with van der Waals surface area (Å²) in [6, 6.07) is 19.9. The molecule has 2 unspecified atom stereocenters. The highest BCUT2D eigenvalue weighted by atomic mass is 19.1. The first kappa shape index (κ1) is 22.9. The molecule has 2 aliphatic rings. The largest absolute Gasteiger partial charge is 0.394 e. The summed E-state index contributed by atoms with van der Waals surface area (Å²) in [5.74, 6) is 0.380. The van der Waals surface area contributed by atoms with E-state index in [2.05, 4.69) is 79.4 Å². The van der Waals surface area contributed by atoms with E-state index in [1.807, 2.05) is 6.08 Å². The Hall–Kier alpha value is -2.33. The van der Waals surface area contributed by atoms with Gasteiger partial charge in [0.2, 0.25) is 0 Å². The smallest absolute Gasteiger partial charge is 0.185 e. The lowest BCUT2D eigenvalue weighted by Gasteiger charge is -2.32. The van der Waals surface area contributed by atoms with Gasteiger partial charge in [0.1, 0.15) is 0 Å². The normalized spacial score (nSPS) is 20.1. The number of rotatable bonds is 9. The van der Waals surface area contributed by atoms with Crippen molar-refractivity contribution in [1.82, 2.24) is 10.6 Å². The number of nitrogens with one attached hydrogen (secondary N) is 2.